The fraction of sp³-hybridized carbons (Fsp3) is 0.684. The zero-order valence-electron chi connectivity index (χ0n) is 19.9. The average molecular weight is 479 g/mol. The van der Waals surface area contributed by atoms with E-state index in [1.165, 1.54) is 0 Å². The molecule has 0 aliphatic carbocycles. The van der Waals surface area contributed by atoms with Crippen molar-refractivity contribution < 1.29 is 26.6 Å². The van der Waals surface area contributed by atoms with E-state index in [9.17, 15) is 0 Å². The minimum Gasteiger partial charge on any atom is -0.399 e. The van der Waals surface area contributed by atoms with Gasteiger partial charge in [0, 0.05) is 85.8 Å². The van der Waals surface area contributed by atoms with Crippen molar-refractivity contribution in [1.82, 2.24) is 10.6 Å². The number of hydrogen-bond acceptors (Lipinski definition) is 10. The van der Waals surface area contributed by atoms with Crippen LogP contribution in [-0.4, -0.2) is 93.0 Å². The number of nitrogens with two attached hydrogens (primary N) is 2. The molecule has 0 aromatic heterocycles. The number of nitrogens with one attached hydrogen (secondary N) is 2. The van der Waals surface area contributed by atoms with Crippen LogP contribution in [0.2, 0.25) is 6.04 Å². The van der Waals surface area contributed by atoms with E-state index in [0.29, 0.717) is 12.2 Å². The smallest absolute Gasteiger partial charge is 0.399 e. The summed E-state index contributed by atoms with van der Waals surface area (Å²) in [6.45, 7) is 4.38. The molecule has 0 radical (unpaired) electrons. The molecule has 1 rings (SSSR count). The molecule has 0 fully saturated rings. The van der Waals surface area contributed by atoms with E-state index < -0.39 is 17.6 Å². The third-order valence-electron chi connectivity index (χ3n) is 4.64. The Bertz CT molecular complexity index is 532. The maximum atomic E-state index is 5.59. The van der Waals surface area contributed by atoms with Gasteiger partial charge in [-0.05, 0) is 25.1 Å². The summed E-state index contributed by atoms with van der Waals surface area (Å²) in [5, 5.41) is 7.47. The van der Waals surface area contributed by atoms with Crippen molar-refractivity contribution in [2.24, 2.45) is 5.73 Å². The molecule has 0 amide bonds. The molecule has 1 aromatic carbocycles. The van der Waals surface area contributed by atoms with Gasteiger partial charge in [-0.15, -0.1) is 0 Å². The second-order valence-electron chi connectivity index (χ2n) is 6.48. The molecule has 6 N–H and O–H groups in total. The number of nitrogen functional groups attached to an aromatic ring is 1. The highest BCUT2D eigenvalue weighted by Crippen LogP contribution is 2.14. The third kappa shape index (κ3) is 11.0. The van der Waals surface area contributed by atoms with Gasteiger partial charge in [-0.2, -0.15) is 0 Å². The van der Waals surface area contributed by atoms with Gasteiger partial charge in [-0.25, -0.2) is 0 Å². The van der Waals surface area contributed by atoms with Gasteiger partial charge in [0.25, 0.3) is 0 Å². The standard InChI is InChI=1S/C10H27N3O3Si.C9H15NO3Si/c1-14-17(15-2,16-3)10-4-6-12-8-9-13-7-5-11;1-11-14(12-2,13-3)9-6-4-8(10)5-7-9/h12-13H,4-11H2,1-3H3;4-7H,10H2,1-3H3. The highest BCUT2D eigenvalue weighted by molar-refractivity contribution is 6.75. The molecular weight excluding hydrogens is 436 g/mol. The van der Waals surface area contributed by atoms with E-state index in [1.807, 2.05) is 12.1 Å². The Labute approximate surface area is 189 Å². The lowest BCUT2D eigenvalue weighted by atomic mass is 10.3. The lowest BCUT2D eigenvalue weighted by Crippen LogP contribution is -2.54. The zero-order valence-corrected chi connectivity index (χ0v) is 21.9. The van der Waals surface area contributed by atoms with Gasteiger partial charge in [0.1, 0.15) is 0 Å². The van der Waals surface area contributed by atoms with Crippen LogP contribution in [0.1, 0.15) is 6.42 Å². The number of hydrogen-bond donors (Lipinski definition) is 4. The number of benzene rings is 1. The summed E-state index contributed by atoms with van der Waals surface area (Å²) in [5.74, 6) is 0. The van der Waals surface area contributed by atoms with Crippen LogP contribution in [0.25, 0.3) is 0 Å². The Hall–Kier alpha value is -0.906. The molecule has 182 valence electrons. The lowest BCUT2D eigenvalue weighted by Gasteiger charge is -2.24. The zero-order chi connectivity index (χ0) is 23.6. The Morgan fingerprint density at radius 1 is 0.710 bits per heavy atom. The Morgan fingerprint density at radius 2 is 1.19 bits per heavy atom. The maximum Gasteiger partial charge on any atom is 0.536 e. The predicted molar refractivity (Wildman–Crippen MR) is 128 cm³/mol. The Kier molecular flexibility index (Phi) is 17.1. The van der Waals surface area contributed by atoms with Crippen molar-refractivity contribution in [3.8, 4) is 0 Å². The largest absolute Gasteiger partial charge is 0.536 e. The predicted octanol–water partition coefficient (Wildman–Crippen LogP) is -0.254. The minimum absolute atomic E-state index is 0.684. The van der Waals surface area contributed by atoms with Crippen LogP contribution in [0.4, 0.5) is 5.69 Å². The van der Waals surface area contributed by atoms with Gasteiger partial charge < -0.3 is 48.7 Å². The van der Waals surface area contributed by atoms with Gasteiger partial charge in [0.2, 0.25) is 0 Å². The molecule has 0 aliphatic rings. The molecule has 0 bridgehead atoms. The molecule has 0 aliphatic heterocycles. The molecule has 1 aromatic rings. The summed E-state index contributed by atoms with van der Waals surface area (Å²) in [4.78, 5) is 0. The van der Waals surface area contributed by atoms with Crippen molar-refractivity contribution in [3.63, 3.8) is 0 Å². The summed E-state index contributed by atoms with van der Waals surface area (Å²) < 4.78 is 32.0. The van der Waals surface area contributed by atoms with Crippen LogP contribution in [0.15, 0.2) is 24.3 Å². The molecule has 10 nitrogen and oxygen atoms in total. The fourth-order valence-corrected chi connectivity index (χ4v) is 6.31. The number of anilines is 1. The summed E-state index contributed by atoms with van der Waals surface area (Å²) >= 11 is 0. The highest BCUT2D eigenvalue weighted by Gasteiger charge is 2.40. The van der Waals surface area contributed by atoms with Crippen molar-refractivity contribution in [2.75, 3.05) is 81.1 Å². The van der Waals surface area contributed by atoms with Crippen LogP contribution in [-0.2, 0) is 26.6 Å². The van der Waals surface area contributed by atoms with E-state index in [0.717, 1.165) is 43.8 Å². The topological polar surface area (TPSA) is 131 Å². The average Bonchev–Trinajstić information content (AvgIpc) is 2.81. The molecule has 0 saturated heterocycles. The molecule has 12 heteroatoms. The number of rotatable bonds is 16. The van der Waals surface area contributed by atoms with Crippen molar-refractivity contribution in [1.29, 1.82) is 0 Å². The van der Waals surface area contributed by atoms with E-state index in [4.69, 9.17) is 38.0 Å². The summed E-state index contributed by atoms with van der Waals surface area (Å²) in [6, 6.07) is 8.15. The Morgan fingerprint density at radius 3 is 1.61 bits per heavy atom. The second kappa shape index (κ2) is 17.6. The van der Waals surface area contributed by atoms with Crippen molar-refractivity contribution in [3.05, 3.63) is 24.3 Å². The van der Waals surface area contributed by atoms with E-state index in [2.05, 4.69) is 10.6 Å². The van der Waals surface area contributed by atoms with Crippen molar-refractivity contribution >= 4 is 28.5 Å². The van der Waals surface area contributed by atoms with Gasteiger partial charge in [-0.3, -0.25) is 0 Å². The first-order chi connectivity index (χ1) is 14.9. The third-order valence-corrected chi connectivity index (χ3v) is 10.1. The van der Waals surface area contributed by atoms with Crippen LogP contribution in [0.3, 0.4) is 0 Å². The van der Waals surface area contributed by atoms with Gasteiger partial charge in [-0.1, -0.05) is 12.1 Å². The molecule has 0 unspecified atom stereocenters. The van der Waals surface area contributed by atoms with Crippen LogP contribution in [0, 0.1) is 0 Å². The molecule has 31 heavy (non-hydrogen) atoms. The quantitative estimate of drug-likeness (QED) is 0.143. The van der Waals surface area contributed by atoms with E-state index >= 15 is 0 Å². The molecule has 0 atom stereocenters. The van der Waals surface area contributed by atoms with Crippen LogP contribution in [0.5, 0.6) is 0 Å². The SMILES string of the molecule is CO[Si](CCCNCCNCCN)(OC)OC.CO[Si](OC)(OC)c1ccc(N)cc1. The van der Waals surface area contributed by atoms with Crippen LogP contribution < -0.4 is 27.3 Å². The fourth-order valence-electron chi connectivity index (χ4n) is 2.81. The highest BCUT2D eigenvalue weighted by atomic mass is 28.4. The van der Waals surface area contributed by atoms with Crippen LogP contribution >= 0.6 is 0 Å². The van der Waals surface area contributed by atoms with Gasteiger partial charge in [0.15, 0.2) is 0 Å². The first-order valence-corrected chi connectivity index (χ1v) is 13.9. The summed E-state index contributed by atoms with van der Waals surface area (Å²) in [7, 11) is 4.62. The monoisotopic (exact) mass is 478 g/mol. The summed E-state index contributed by atoms with van der Waals surface area (Å²) in [6.07, 6.45) is 0.985. The first kappa shape index (κ1) is 30.1. The maximum absolute atomic E-state index is 5.59. The van der Waals surface area contributed by atoms with Crippen molar-refractivity contribution in [2.45, 2.75) is 12.5 Å². The first-order valence-electron chi connectivity index (χ1n) is 10.2. The van der Waals surface area contributed by atoms with Gasteiger partial charge in [0.05, 0.1) is 0 Å². The van der Waals surface area contributed by atoms with Gasteiger partial charge >= 0.3 is 17.6 Å². The lowest BCUT2D eigenvalue weighted by molar-refractivity contribution is 0.123. The minimum atomic E-state index is -2.67. The van der Waals surface area contributed by atoms with E-state index in [1.54, 1.807) is 54.8 Å². The second-order valence-corrected chi connectivity index (χ2v) is 12.5. The normalized spacial score (nSPS) is 11.8. The Balaban J connectivity index is 0.000000590. The molecule has 0 spiro atoms. The summed E-state index contributed by atoms with van der Waals surface area (Å²) in [5.41, 5.74) is 11.7. The molecule has 0 saturated carbocycles. The molecular formula is C19H42N4O6Si2. The molecule has 0 heterocycles. The van der Waals surface area contributed by atoms with E-state index in [-0.39, 0.29) is 0 Å².